The number of anilines is 3. The van der Waals surface area contributed by atoms with Crippen LogP contribution < -0.4 is 4.90 Å². The van der Waals surface area contributed by atoms with Crippen LogP contribution in [0.1, 0.15) is 0 Å². The molecule has 0 amide bonds. The van der Waals surface area contributed by atoms with Gasteiger partial charge >= 0.3 is 0 Å². The highest BCUT2D eigenvalue weighted by Gasteiger charge is 2.20. The van der Waals surface area contributed by atoms with Crippen LogP contribution in [0.15, 0.2) is 159 Å². The second kappa shape index (κ2) is 9.58. The molecular formula is C41H24N2O3. The van der Waals surface area contributed by atoms with Crippen molar-refractivity contribution in [2.45, 2.75) is 0 Å². The van der Waals surface area contributed by atoms with Crippen molar-refractivity contribution in [2.24, 2.45) is 0 Å². The minimum Gasteiger partial charge on any atom is -0.456 e. The van der Waals surface area contributed by atoms with Gasteiger partial charge in [-0.15, -0.1) is 0 Å². The molecule has 3 heterocycles. The number of furan rings is 2. The van der Waals surface area contributed by atoms with Gasteiger partial charge in [0.1, 0.15) is 27.8 Å². The van der Waals surface area contributed by atoms with Crippen LogP contribution >= 0.6 is 0 Å². The molecule has 3 aromatic heterocycles. The molecule has 10 rings (SSSR count). The molecule has 0 aliphatic heterocycles. The molecule has 0 radical (unpaired) electrons. The molecule has 0 unspecified atom stereocenters. The maximum Gasteiger partial charge on any atom is 0.228 e. The average Bonchev–Trinajstić information content (AvgIpc) is 3.82. The summed E-state index contributed by atoms with van der Waals surface area (Å²) in [7, 11) is 0. The first-order chi connectivity index (χ1) is 22.8. The van der Waals surface area contributed by atoms with Gasteiger partial charge in [-0.05, 0) is 78.2 Å². The molecule has 0 N–H and O–H groups in total. The zero-order valence-electron chi connectivity index (χ0n) is 24.5. The predicted octanol–water partition coefficient (Wildman–Crippen LogP) is 11.9. The van der Waals surface area contributed by atoms with Crippen LogP contribution in [0.4, 0.5) is 17.1 Å². The maximum atomic E-state index is 6.50. The summed E-state index contributed by atoms with van der Waals surface area (Å²) in [4.78, 5) is 7.04. The number of nitrogens with zero attached hydrogens (tertiary/aromatic N) is 2. The van der Waals surface area contributed by atoms with Crippen molar-refractivity contribution in [3.63, 3.8) is 0 Å². The van der Waals surface area contributed by atoms with Crippen LogP contribution in [-0.4, -0.2) is 4.98 Å². The van der Waals surface area contributed by atoms with E-state index in [4.69, 9.17) is 18.2 Å². The fraction of sp³-hybridized carbons (Fsp3) is 0. The van der Waals surface area contributed by atoms with Crippen LogP contribution in [-0.2, 0) is 0 Å². The van der Waals surface area contributed by atoms with Crippen molar-refractivity contribution in [3.8, 4) is 11.5 Å². The number of para-hydroxylation sites is 3. The zero-order valence-corrected chi connectivity index (χ0v) is 24.5. The third-order valence-corrected chi connectivity index (χ3v) is 8.88. The Labute approximate surface area is 262 Å². The number of fused-ring (bicyclic) bond motifs is 9. The molecule has 0 spiro atoms. The Kier molecular flexibility index (Phi) is 5.22. The lowest BCUT2D eigenvalue weighted by atomic mass is 10.0. The van der Waals surface area contributed by atoms with Crippen molar-refractivity contribution in [3.05, 3.63) is 146 Å². The zero-order chi connectivity index (χ0) is 30.2. The molecule has 10 aromatic rings. The monoisotopic (exact) mass is 592 g/mol. The predicted molar refractivity (Wildman–Crippen MR) is 186 cm³/mol. The minimum absolute atomic E-state index is 0.581. The first-order valence-corrected chi connectivity index (χ1v) is 15.3. The highest BCUT2D eigenvalue weighted by Crippen LogP contribution is 2.43. The third-order valence-electron chi connectivity index (χ3n) is 8.88. The molecule has 0 bridgehead atoms. The molecular weight excluding hydrogens is 568 g/mol. The van der Waals surface area contributed by atoms with E-state index in [1.54, 1.807) is 0 Å². The molecule has 0 saturated heterocycles. The van der Waals surface area contributed by atoms with Gasteiger partial charge in [-0.1, -0.05) is 66.7 Å². The Morgan fingerprint density at radius 1 is 0.435 bits per heavy atom. The Morgan fingerprint density at radius 2 is 1.22 bits per heavy atom. The van der Waals surface area contributed by atoms with E-state index in [2.05, 4.69) is 102 Å². The van der Waals surface area contributed by atoms with Crippen molar-refractivity contribution in [2.75, 3.05) is 4.90 Å². The Hall–Kier alpha value is -6.33. The number of hydrogen-bond acceptors (Lipinski definition) is 5. The van der Waals surface area contributed by atoms with E-state index in [1.807, 2.05) is 48.5 Å². The quantitative estimate of drug-likeness (QED) is 0.203. The summed E-state index contributed by atoms with van der Waals surface area (Å²) in [5.41, 5.74) is 8.91. The van der Waals surface area contributed by atoms with Crippen LogP contribution in [0.3, 0.4) is 0 Å². The van der Waals surface area contributed by atoms with E-state index in [1.165, 1.54) is 5.39 Å². The van der Waals surface area contributed by atoms with Crippen molar-refractivity contribution in [1.82, 2.24) is 4.98 Å². The number of oxazole rings is 1. The van der Waals surface area contributed by atoms with Crippen LogP contribution in [0.5, 0.6) is 0 Å². The van der Waals surface area contributed by atoms with Gasteiger partial charge in [0.05, 0.1) is 0 Å². The largest absolute Gasteiger partial charge is 0.456 e. The Balaban J connectivity index is 1.15. The first-order valence-electron chi connectivity index (χ1n) is 15.3. The molecule has 5 nitrogen and oxygen atoms in total. The molecule has 0 aliphatic rings. The molecule has 216 valence electrons. The molecule has 0 atom stereocenters. The fourth-order valence-corrected chi connectivity index (χ4v) is 6.78. The van der Waals surface area contributed by atoms with Gasteiger partial charge < -0.3 is 18.2 Å². The van der Waals surface area contributed by atoms with Crippen molar-refractivity contribution >= 4 is 82.8 Å². The molecule has 0 fully saturated rings. The fourth-order valence-electron chi connectivity index (χ4n) is 6.78. The summed E-state index contributed by atoms with van der Waals surface area (Å²) >= 11 is 0. The lowest BCUT2D eigenvalue weighted by Crippen LogP contribution is -2.09. The summed E-state index contributed by atoms with van der Waals surface area (Å²) in [6, 6.07) is 49.8. The lowest BCUT2D eigenvalue weighted by Gasteiger charge is -2.25. The Bertz CT molecular complexity index is 2740. The number of benzene rings is 7. The number of rotatable bonds is 4. The van der Waals surface area contributed by atoms with Crippen LogP contribution in [0.25, 0.3) is 77.2 Å². The summed E-state index contributed by atoms with van der Waals surface area (Å²) in [5, 5.41) is 6.45. The summed E-state index contributed by atoms with van der Waals surface area (Å²) in [6.45, 7) is 0. The van der Waals surface area contributed by atoms with Gasteiger partial charge in [-0.25, -0.2) is 4.98 Å². The van der Waals surface area contributed by atoms with E-state index in [0.717, 1.165) is 83.0 Å². The molecule has 5 heteroatoms. The lowest BCUT2D eigenvalue weighted by molar-refractivity contribution is 0.620. The molecule has 7 aromatic carbocycles. The molecule has 46 heavy (non-hydrogen) atoms. The van der Waals surface area contributed by atoms with Gasteiger partial charge in [-0.3, -0.25) is 0 Å². The highest BCUT2D eigenvalue weighted by atomic mass is 16.4. The smallest absolute Gasteiger partial charge is 0.228 e. The van der Waals surface area contributed by atoms with Gasteiger partial charge in [0.25, 0.3) is 0 Å². The van der Waals surface area contributed by atoms with Gasteiger partial charge in [0.2, 0.25) is 5.89 Å². The first kappa shape index (κ1) is 25.0. The maximum absolute atomic E-state index is 6.50. The third kappa shape index (κ3) is 3.72. The van der Waals surface area contributed by atoms with Gasteiger partial charge in [0.15, 0.2) is 5.58 Å². The number of hydrogen-bond donors (Lipinski definition) is 0. The minimum atomic E-state index is 0.581. The second-order valence-corrected chi connectivity index (χ2v) is 11.6. The molecule has 0 aliphatic carbocycles. The highest BCUT2D eigenvalue weighted by molar-refractivity contribution is 6.16. The van der Waals surface area contributed by atoms with Gasteiger partial charge in [-0.2, -0.15) is 0 Å². The van der Waals surface area contributed by atoms with Crippen LogP contribution in [0.2, 0.25) is 0 Å². The summed E-state index contributed by atoms with van der Waals surface area (Å²) in [5.74, 6) is 0.581. The second-order valence-electron chi connectivity index (χ2n) is 11.6. The molecule has 0 saturated carbocycles. The summed E-state index contributed by atoms with van der Waals surface area (Å²) in [6.07, 6.45) is 0. The van der Waals surface area contributed by atoms with Crippen LogP contribution in [0, 0.1) is 0 Å². The summed E-state index contributed by atoms with van der Waals surface area (Å²) < 4.78 is 19.1. The van der Waals surface area contributed by atoms with Crippen molar-refractivity contribution < 1.29 is 13.3 Å². The Morgan fingerprint density at radius 3 is 2.15 bits per heavy atom. The number of aromatic nitrogens is 1. The van der Waals surface area contributed by atoms with Crippen molar-refractivity contribution in [1.29, 1.82) is 0 Å². The van der Waals surface area contributed by atoms with Gasteiger partial charge in [0, 0.05) is 55.6 Å². The van der Waals surface area contributed by atoms with E-state index >= 15 is 0 Å². The SMILES string of the molecule is c1ccc(N(c2ccc3c(c2)oc2cccc(-c4nc5ccccc5o4)c23)c2ccc3oc4c5ccccc5ccc4c3c2)cc1. The van der Waals surface area contributed by atoms with E-state index in [-0.39, 0.29) is 0 Å². The normalized spacial score (nSPS) is 11.9. The average molecular weight is 593 g/mol. The van der Waals surface area contributed by atoms with E-state index < -0.39 is 0 Å². The topological polar surface area (TPSA) is 55.6 Å². The van der Waals surface area contributed by atoms with E-state index in [9.17, 15) is 0 Å². The van der Waals surface area contributed by atoms with E-state index in [0.29, 0.717) is 5.89 Å². The standard InChI is InChI=1S/C41H24N2O3/c1-2-10-26(11-3-1)43(27-19-22-35-33(23-27)30-20-17-25-9-4-5-12-29(25)40(30)45-35)28-18-21-31-38(24-28)44-37-16-8-13-32(39(31)37)41-42-34-14-6-7-15-36(34)46-41/h1-24H.